The average molecular weight is 419 g/mol. The normalized spacial score (nSPS) is 12.8. The molecule has 0 bridgehead atoms. The van der Waals surface area contributed by atoms with Crippen LogP contribution in [0.25, 0.3) is 10.8 Å². The lowest BCUT2D eigenvalue weighted by atomic mass is 9.93. The van der Waals surface area contributed by atoms with Gasteiger partial charge in [-0.3, -0.25) is 14.5 Å². The molecule has 0 unspecified atom stereocenters. The number of benzene rings is 3. The van der Waals surface area contributed by atoms with E-state index in [1.165, 1.54) is 4.90 Å². The molecule has 0 radical (unpaired) electrons. The molecule has 1 heterocycles. The van der Waals surface area contributed by atoms with Gasteiger partial charge in [0.25, 0.3) is 11.8 Å². The van der Waals surface area contributed by atoms with Crippen LogP contribution >= 0.6 is 12.2 Å². The zero-order valence-corrected chi connectivity index (χ0v) is 17.4. The van der Waals surface area contributed by atoms with Gasteiger partial charge < -0.3 is 16.0 Å². The van der Waals surface area contributed by atoms with Gasteiger partial charge in [-0.15, -0.1) is 0 Å². The van der Waals surface area contributed by atoms with Gasteiger partial charge in [0.05, 0.1) is 0 Å². The fraction of sp³-hybridized carbons (Fsp3) is 0.174. The Morgan fingerprint density at radius 2 is 1.63 bits per heavy atom. The third kappa shape index (κ3) is 3.71. The highest BCUT2D eigenvalue weighted by Gasteiger charge is 2.32. The number of nitrogens with one attached hydrogen (secondary N) is 3. The van der Waals surface area contributed by atoms with E-state index in [9.17, 15) is 9.59 Å². The summed E-state index contributed by atoms with van der Waals surface area (Å²) in [6.45, 7) is 3.40. The molecule has 1 aliphatic rings. The zero-order valence-electron chi connectivity index (χ0n) is 16.6. The van der Waals surface area contributed by atoms with Gasteiger partial charge in [0, 0.05) is 52.9 Å². The summed E-state index contributed by atoms with van der Waals surface area (Å²) in [6, 6.07) is 19.0. The first kappa shape index (κ1) is 19.8. The van der Waals surface area contributed by atoms with E-state index in [-0.39, 0.29) is 11.8 Å². The minimum Gasteiger partial charge on any atom is -0.383 e. The number of amides is 2. The summed E-state index contributed by atoms with van der Waals surface area (Å²) in [5.41, 5.74) is 2.95. The van der Waals surface area contributed by atoms with Crippen LogP contribution in [-0.2, 0) is 0 Å². The van der Waals surface area contributed by atoms with Crippen molar-refractivity contribution in [3.8, 4) is 0 Å². The largest absolute Gasteiger partial charge is 0.383 e. The fourth-order valence-electron chi connectivity index (χ4n) is 3.66. The van der Waals surface area contributed by atoms with E-state index in [2.05, 4.69) is 16.0 Å². The van der Waals surface area contributed by atoms with Gasteiger partial charge in [-0.2, -0.15) is 0 Å². The maximum atomic E-state index is 12.7. The van der Waals surface area contributed by atoms with Gasteiger partial charge in [0.2, 0.25) is 0 Å². The molecule has 7 heteroatoms. The van der Waals surface area contributed by atoms with Crippen molar-refractivity contribution >= 4 is 51.3 Å². The second-order valence-corrected chi connectivity index (χ2v) is 7.33. The lowest BCUT2D eigenvalue weighted by Gasteiger charge is -2.26. The third-order valence-corrected chi connectivity index (χ3v) is 5.31. The number of para-hydroxylation sites is 1. The molecular weight excluding hydrogens is 396 g/mol. The number of hydrogen-bond acceptors (Lipinski definition) is 4. The zero-order chi connectivity index (χ0) is 21.1. The average Bonchev–Trinajstić information content (AvgIpc) is 2.76. The van der Waals surface area contributed by atoms with E-state index in [0.717, 1.165) is 22.1 Å². The van der Waals surface area contributed by atoms with Gasteiger partial charge in [0.15, 0.2) is 5.11 Å². The van der Waals surface area contributed by atoms with Crippen molar-refractivity contribution in [1.82, 2.24) is 10.2 Å². The molecule has 0 atom stereocenters. The maximum Gasteiger partial charge on any atom is 0.261 e. The van der Waals surface area contributed by atoms with Crippen LogP contribution < -0.4 is 16.0 Å². The second-order valence-electron chi connectivity index (χ2n) is 6.92. The van der Waals surface area contributed by atoms with E-state index in [4.69, 9.17) is 12.2 Å². The van der Waals surface area contributed by atoms with Gasteiger partial charge >= 0.3 is 0 Å². The Balaban J connectivity index is 1.45. The number of anilines is 2. The van der Waals surface area contributed by atoms with Crippen molar-refractivity contribution < 1.29 is 9.59 Å². The summed E-state index contributed by atoms with van der Waals surface area (Å²) in [4.78, 5) is 26.7. The van der Waals surface area contributed by atoms with E-state index in [1.807, 2.05) is 48.5 Å². The van der Waals surface area contributed by atoms with Crippen LogP contribution in [0.3, 0.4) is 0 Å². The standard InChI is InChI=1S/C23H22N4O2S/c1-2-27-21(28)17-10-6-9-16-19(12-11-18(20(16)17)22(27)29)24-13-14-25-23(30)26-15-7-4-3-5-8-15/h3-12,24H,2,13-14H2,1H3,(H2,25,26,30). The minimum atomic E-state index is -0.239. The Hall–Kier alpha value is -3.45. The molecule has 0 spiro atoms. The first-order chi connectivity index (χ1) is 14.6. The first-order valence-corrected chi connectivity index (χ1v) is 10.3. The molecule has 3 N–H and O–H groups in total. The van der Waals surface area contributed by atoms with Crippen LogP contribution in [0.5, 0.6) is 0 Å². The Morgan fingerprint density at radius 3 is 2.37 bits per heavy atom. The minimum absolute atomic E-state index is 0.239. The van der Waals surface area contributed by atoms with E-state index >= 15 is 0 Å². The lowest BCUT2D eigenvalue weighted by Crippen LogP contribution is -2.40. The van der Waals surface area contributed by atoms with E-state index in [1.54, 1.807) is 19.1 Å². The maximum absolute atomic E-state index is 12.7. The molecule has 4 rings (SSSR count). The van der Waals surface area contributed by atoms with E-state index < -0.39 is 0 Å². The highest BCUT2D eigenvalue weighted by Crippen LogP contribution is 2.34. The van der Waals surface area contributed by atoms with Gasteiger partial charge in [-0.1, -0.05) is 30.3 Å². The Kier molecular flexibility index (Phi) is 5.63. The predicted molar refractivity (Wildman–Crippen MR) is 124 cm³/mol. The molecule has 2 amide bonds. The molecule has 30 heavy (non-hydrogen) atoms. The highest BCUT2D eigenvalue weighted by atomic mass is 32.1. The third-order valence-electron chi connectivity index (χ3n) is 5.07. The van der Waals surface area contributed by atoms with Crippen LogP contribution in [-0.4, -0.2) is 41.5 Å². The molecule has 0 aromatic heterocycles. The number of hydrogen-bond donors (Lipinski definition) is 3. The van der Waals surface area contributed by atoms with E-state index in [0.29, 0.717) is 35.9 Å². The van der Waals surface area contributed by atoms with Crippen molar-refractivity contribution in [1.29, 1.82) is 0 Å². The molecule has 1 aliphatic heterocycles. The molecule has 3 aromatic rings. The number of carbonyl (C=O) groups is 2. The number of nitrogens with zero attached hydrogens (tertiary/aromatic N) is 1. The smallest absolute Gasteiger partial charge is 0.261 e. The van der Waals surface area contributed by atoms with Crippen LogP contribution in [0.15, 0.2) is 60.7 Å². The molecular formula is C23H22N4O2S. The Labute approximate surface area is 180 Å². The number of imide groups is 1. The number of thiocarbonyl (C=S) groups is 1. The lowest BCUT2D eigenvalue weighted by molar-refractivity contribution is 0.0619. The van der Waals surface area contributed by atoms with Gasteiger partial charge in [-0.05, 0) is 49.5 Å². The molecule has 152 valence electrons. The van der Waals surface area contributed by atoms with Crippen LogP contribution in [0.1, 0.15) is 27.6 Å². The van der Waals surface area contributed by atoms with Gasteiger partial charge in [0.1, 0.15) is 0 Å². The van der Waals surface area contributed by atoms with Crippen molar-refractivity contribution in [2.75, 3.05) is 30.3 Å². The summed E-state index contributed by atoms with van der Waals surface area (Å²) in [7, 11) is 0. The Bertz CT molecular complexity index is 1110. The summed E-state index contributed by atoms with van der Waals surface area (Å²) >= 11 is 5.32. The van der Waals surface area contributed by atoms with Crippen LogP contribution in [0.2, 0.25) is 0 Å². The molecule has 0 saturated heterocycles. The molecule has 0 fully saturated rings. The van der Waals surface area contributed by atoms with Crippen molar-refractivity contribution in [2.45, 2.75) is 6.92 Å². The van der Waals surface area contributed by atoms with Crippen molar-refractivity contribution in [3.05, 3.63) is 71.8 Å². The van der Waals surface area contributed by atoms with Crippen LogP contribution in [0.4, 0.5) is 11.4 Å². The second kappa shape index (κ2) is 8.51. The van der Waals surface area contributed by atoms with Crippen molar-refractivity contribution in [2.24, 2.45) is 0 Å². The molecule has 0 aliphatic carbocycles. The molecule has 0 saturated carbocycles. The summed E-state index contributed by atoms with van der Waals surface area (Å²) in [5, 5.41) is 11.8. The monoisotopic (exact) mass is 418 g/mol. The number of carbonyl (C=O) groups excluding carboxylic acids is 2. The molecule has 3 aromatic carbocycles. The molecule has 6 nitrogen and oxygen atoms in total. The van der Waals surface area contributed by atoms with Crippen LogP contribution in [0, 0.1) is 0 Å². The van der Waals surface area contributed by atoms with Crippen molar-refractivity contribution in [3.63, 3.8) is 0 Å². The SMILES string of the molecule is CCN1C(=O)c2cccc3c(NCCNC(=S)Nc4ccccc4)ccc(c23)C1=O. The summed E-state index contributed by atoms with van der Waals surface area (Å²) < 4.78 is 0. The Morgan fingerprint density at radius 1 is 0.900 bits per heavy atom. The number of rotatable bonds is 6. The quantitative estimate of drug-likeness (QED) is 0.321. The summed E-state index contributed by atoms with van der Waals surface area (Å²) in [6.07, 6.45) is 0. The fourth-order valence-corrected chi connectivity index (χ4v) is 3.88. The highest BCUT2D eigenvalue weighted by molar-refractivity contribution is 7.80. The first-order valence-electron chi connectivity index (χ1n) is 9.86. The van der Waals surface area contributed by atoms with Gasteiger partial charge in [-0.25, -0.2) is 0 Å². The predicted octanol–water partition coefficient (Wildman–Crippen LogP) is 3.85. The summed E-state index contributed by atoms with van der Waals surface area (Å²) in [5.74, 6) is -0.478. The topological polar surface area (TPSA) is 73.5 Å².